The molecule has 0 bridgehead atoms. The molecule has 2 aromatic rings. The van der Waals surface area contributed by atoms with Crippen LogP contribution in [0.1, 0.15) is 22.5 Å². The molecule has 0 atom stereocenters. The van der Waals surface area contributed by atoms with E-state index in [0.29, 0.717) is 6.42 Å². The van der Waals surface area contributed by atoms with Crippen molar-refractivity contribution in [2.75, 3.05) is 18.4 Å². The van der Waals surface area contributed by atoms with Gasteiger partial charge in [0.1, 0.15) is 11.5 Å². The fourth-order valence-corrected chi connectivity index (χ4v) is 2.30. The van der Waals surface area contributed by atoms with Crippen LogP contribution >= 0.6 is 11.6 Å². The first-order valence-electron chi connectivity index (χ1n) is 7.69. The fraction of sp³-hybridized carbons (Fsp3) is 0.250. The van der Waals surface area contributed by atoms with Gasteiger partial charge in [0.2, 0.25) is 0 Å². The Bertz CT molecular complexity index is 846. The molecule has 11 heteroatoms. The Kier molecular flexibility index (Phi) is 6.56. The Hall–Kier alpha value is -2.88. The number of alkyl halides is 3. The van der Waals surface area contributed by atoms with Gasteiger partial charge in [0, 0.05) is 25.2 Å². The van der Waals surface area contributed by atoms with E-state index in [-0.39, 0.29) is 35.2 Å². The first-order chi connectivity index (χ1) is 12.7. The lowest BCUT2D eigenvalue weighted by Crippen LogP contribution is -2.26. The van der Waals surface area contributed by atoms with Crippen molar-refractivity contribution in [2.45, 2.75) is 12.6 Å². The number of nitro groups is 1. The van der Waals surface area contributed by atoms with E-state index >= 15 is 0 Å². The maximum Gasteiger partial charge on any atom is 0.433 e. The second kappa shape index (κ2) is 8.67. The number of benzene rings is 1. The maximum atomic E-state index is 12.6. The summed E-state index contributed by atoms with van der Waals surface area (Å²) in [6.45, 7) is 0.446. The van der Waals surface area contributed by atoms with E-state index in [9.17, 15) is 28.1 Å². The molecule has 2 N–H and O–H groups in total. The summed E-state index contributed by atoms with van der Waals surface area (Å²) in [5.41, 5.74) is -1.29. The lowest BCUT2D eigenvalue weighted by molar-refractivity contribution is -0.384. The van der Waals surface area contributed by atoms with Crippen LogP contribution in [0.15, 0.2) is 36.4 Å². The third-order valence-electron chi connectivity index (χ3n) is 3.39. The number of anilines is 1. The van der Waals surface area contributed by atoms with Crippen LogP contribution in [0, 0.1) is 10.1 Å². The normalized spacial score (nSPS) is 11.1. The molecular weight excluding hydrogens is 389 g/mol. The van der Waals surface area contributed by atoms with E-state index in [1.165, 1.54) is 24.3 Å². The minimum Gasteiger partial charge on any atom is -0.370 e. The quantitative estimate of drug-likeness (QED) is 0.416. The summed E-state index contributed by atoms with van der Waals surface area (Å²) in [6.07, 6.45) is -4.14. The minimum absolute atomic E-state index is 0.0293. The highest BCUT2D eigenvalue weighted by Crippen LogP contribution is 2.28. The number of hydrogen-bond donors (Lipinski definition) is 2. The molecule has 144 valence electrons. The van der Waals surface area contributed by atoms with Gasteiger partial charge in [-0.25, -0.2) is 4.98 Å². The summed E-state index contributed by atoms with van der Waals surface area (Å²) in [5, 5.41) is 16.1. The van der Waals surface area contributed by atoms with Crippen LogP contribution < -0.4 is 10.6 Å². The predicted octanol–water partition coefficient (Wildman–Crippen LogP) is 3.89. The monoisotopic (exact) mass is 402 g/mol. The largest absolute Gasteiger partial charge is 0.433 e. The number of rotatable bonds is 7. The number of nitro benzene ring substituents is 1. The summed E-state index contributed by atoms with van der Waals surface area (Å²) in [6, 6.07) is 7.03. The number of nitrogens with zero attached hydrogens (tertiary/aromatic N) is 2. The van der Waals surface area contributed by atoms with Gasteiger partial charge in [-0.05, 0) is 24.6 Å². The first kappa shape index (κ1) is 20.4. The van der Waals surface area contributed by atoms with Gasteiger partial charge in [-0.2, -0.15) is 13.2 Å². The molecular formula is C16H14ClF3N4O3. The van der Waals surface area contributed by atoms with Gasteiger partial charge in [0.05, 0.1) is 15.5 Å². The van der Waals surface area contributed by atoms with E-state index in [1.54, 1.807) is 0 Å². The van der Waals surface area contributed by atoms with Gasteiger partial charge in [0.15, 0.2) is 0 Å². The van der Waals surface area contributed by atoms with Crippen molar-refractivity contribution in [3.05, 3.63) is 62.8 Å². The number of carbonyl (C=O) groups excluding carboxylic acids is 1. The molecule has 0 radical (unpaired) electrons. The number of hydrogen-bond acceptors (Lipinski definition) is 5. The van der Waals surface area contributed by atoms with Crippen molar-refractivity contribution in [2.24, 2.45) is 0 Å². The number of pyridine rings is 1. The maximum absolute atomic E-state index is 12.6. The molecule has 2 rings (SSSR count). The van der Waals surface area contributed by atoms with Gasteiger partial charge >= 0.3 is 6.18 Å². The highest BCUT2D eigenvalue weighted by molar-refractivity contribution is 6.33. The van der Waals surface area contributed by atoms with Crippen LogP contribution in [0.3, 0.4) is 0 Å². The lowest BCUT2D eigenvalue weighted by Gasteiger charge is -2.10. The molecule has 1 aromatic heterocycles. The van der Waals surface area contributed by atoms with Crippen LogP contribution in [-0.2, 0) is 6.18 Å². The van der Waals surface area contributed by atoms with Crippen molar-refractivity contribution in [1.29, 1.82) is 0 Å². The van der Waals surface area contributed by atoms with Crippen molar-refractivity contribution in [3.8, 4) is 0 Å². The van der Waals surface area contributed by atoms with Crippen LogP contribution in [0.25, 0.3) is 0 Å². The standard InChI is InChI=1S/C16H14ClF3N4O3/c17-12-6-5-10(24(26)27)9-11(12)15(25)22-8-2-7-21-14-4-1-3-13(23-14)16(18,19)20/h1,3-6,9H,2,7-8H2,(H,21,23)(H,22,25). The van der Waals surface area contributed by atoms with E-state index in [1.807, 2.05) is 0 Å². The van der Waals surface area contributed by atoms with Crippen molar-refractivity contribution in [1.82, 2.24) is 10.3 Å². The van der Waals surface area contributed by atoms with Crippen LogP contribution in [0.2, 0.25) is 5.02 Å². The Labute approximate surface area is 156 Å². The fourth-order valence-electron chi connectivity index (χ4n) is 2.09. The average molecular weight is 403 g/mol. The molecule has 0 aliphatic heterocycles. The third kappa shape index (κ3) is 5.81. The summed E-state index contributed by atoms with van der Waals surface area (Å²) < 4.78 is 37.7. The zero-order valence-corrected chi connectivity index (χ0v) is 14.5. The number of nitrogens with one attached hydrogen (secondary N) is 2. The molecule has 0 fully saturated rings. The number of amides is 1. The Morgan fingerprint density at radius 3 is 2.63 bits per heavy atom. The lowest BCUT2D eigenvalue weighted by atomic mass is 10.2. The van der Waals surface area contributed by atoms with Gasteiger partial charge in [-0.1, -0.05) is 17.7 Å². The van der Waals surface area contributed by atoms with Crippen LogP contribution in [-0.4, -0.2) is 28.9 Å². The summed E-state index contributed by atoms with van der Waals surface area (Å²) in [5.74, 6) is -0.515. The van der Waals surface area contributed by atoms with Crippen molar-refractivity contribution >= 4 is 29.0 Å². The van der Waals surface area contributed by atoms with E-state index in [0.717, 1.165) is 12.1 Å². The summed E-state index contributed by atoms with van der Waals surface area (Å²) in [7, 11) is 0. The number of halogens is 4. The number of non-ortho nitro benzene ring substituents is 1. The number of aromatic nitrogens is 1. The van der Waals surface area contributed by atoms with E-state index in [2.05, 4.69) is 15.6 Å². The summed E-state index contributed by atoms with van der Waals surface area (Å²) in [4.78, 5) is 25.6. The zero-order chi connectivity index (χ0) is 20.0. The SMILES string of the molecule is O=C(NCCCNc1cccc(C(F)(F)F)n1)c1cc([N+](=O)[O-])ccc1Cl. The molecule has 0 aliphatic carbocycles. The Balaban J connectivity index is 1.83. The molecule has 0 saturated heterocycles. The zero-order valence-electron chi connectivity index (χ0n) is 13.7. The van der Waals surface area contributed by atoms with Gasteiger partial charge in [-0.15, -0.1) is 0 Å². The molecule has 0 aliphatic rings. The Morgan fingerprint density at radius 1 is 1.22 bits per heavy atom. The predicted molar refractivity (Wildman–Crippen MR) is 92.8 cm³/mol. The molecule has 7 nitrogen and oxygen atoms in total. The average Bonchev–Trinajstić information content (AvgIpc) is 2.61. The van der Waals surface area contributed by atoms with Gasteiger partial charge in [-0.3, -0.25) is 14.9 Å². The molecule has 0 saturated carbocycles. The molecule has 0 unspecified atom stereocenters. The topological polar surface area (TPSA) is 97.2 Å². The van der Waals surface area contributed by atoms with Crippen molar-refractivity contribution in [3.63, 3.8) is 0 Å². The highest BCUT2D eigenvalue weighted by atomic mass is 35.5. The smallest absolute Gasteiger partial charge is 0.370 e. The second-order valence-corrected chi connectivity index (χ2v) is 5.77. The third-order valence-corrected chi connectivity index (χ3v) is 3.72. The number of carbonyl (C=O) groups is 1. The molecule has 1 amide bonds. The van der Waals surface area contributed by atoms with Gasteiger partial charge in [0.25, 0.3) is 11.6 Å². The summed E-state index contributed by atoms with van der Waals surface area (Å²) >= 11 is 5.87. The minimum atomic E-state index is -4.52. The second-order valence-electron chi connectivity index (χ2n) is 5.36. The van der Waals surface area contributed by atoms with E-state index < -0.39 is 22.7 Å². The molecule has 1 aromatic carbocycles. The van der Waals surface area contributed by atoms with Crippen LogP contribution in [0.5, 0.6) is 0 Å². The Morgan fingerprint density at radius 2 is 1.96 bits per heavy atom. The van der Waals surface area contributed by atoms with Gasteiger partial charge < -0.3 is 10.6 Å². The highest BCUT2D eigenvalue weighted by Gasteiger charge is 2.32. The molecule has 1 heterocycles. The van der Waals surface area contributed by atoms with E-state index in [4.69, 9.17) is 11.6 Å². The first-order valence-corrected chi connectivity index (χ1v) is 8.06. The molecule has 27 heavy (non-hydrogen) atoms. The van der Waals surface area contributed by atoms with Crippen LogP contribution in [0.4, 0.5) is 24.7 Å². The molecule has 0 spiro atoms. The van der Waals surface area contributed by atoms with Crippen molar-refractivity contribution < 1.29 is 22.9 Å².